The van der Waals surface area contributed by atoms with Gasteiger partial charge in [0.05, 0.1) is 11.2 Å². The summed E-state index contributed by atoms with van der Waals surface area (Å²) in [5, 5.41) is 3.09. The predicted molar refractivity (Wildman–Crippen MR) is 87.0 cm³/mol. The number of rotatable bonds is 1. The minimum atomic E-state index is -0.447. The molecule has 1 unspecified atom stereocenters. The zero-order valence-electron chi connectivity index (χ0n) is 12.1. The van der Waals surface area contributed by atoms with E-state index in [0.29, 0.717) is 12.4 Å². The number of halogens is 1. The number of aliphatic imine (C=N–C) groups is 1. The maximum absolute atomic E-state index is 12.6. The second kappa shape index (κ2) is 4.98. The summed E-state index contributed by atoms with van der Waals surface area (Å²) in [5.74, 6) is 0.697. The number of guanidine groups is 1. The lowest BCUT2D eigenvalue weighted by atomic mass is 9.75. The Kier molecular flexibility index (Phi) is 3.40. The molecule has 1 heterocycles. The number of carbonyl (C=O) groups is 1. The Morgan fingerprint density at radius 1 is 1.33 bits per heavy atom. The molecule has 0 saturated carbocycles. The van der Waals surface area contributed by atoms with E-state index in [1.165, 1.54) is 0 Å². The fourth-order valence-corrected chi connectivity index (χ4v) is 3.90. The standard InChI is InChI=1S/C16H18BrN3O/c1-16(2)14-12(19-15(18)20-16)7-9(8-13(14)21)10-5-3-4-6-11(10)17/h3-6,9H,7-8H2,1-2H3,(H3,18,19,20). The molecule has 21 heavy (non-hydrogen) atoms. The first-order chi connectivity index (χ1) is 9.88. The molecular weight excluding hydrogens is 330 g/mol. The molecule has 1 atom stereocenters. The van der Waals surface area contributed by atoms with Gasteiger partial charge in [0.15, 0.2) is 11.7 Å². The fraction of sp³-hybridized carbons (Fsp3) is 0.375. The summed E-state index contributed by atoms with van der Waals surface area (Å²) in [5.41, 5.74) is 8.17. The third-order valence-corrected chi connectivity index (χ3v) is 4.83. The van der Waals surface area contributed by atoms with E-state index in [0.717, 1.165) is 27.7 Å². The van der Waals surface area contributed by atoms with Gasteiger partial charge in [0.1, 0.15) is 0 Å². The molecule has 3 N–H and O–H groups in total. The average Bonchev–Trinajstić information content (AvgIpc) is 2.36. The molecular formula is C16H18BrN3O. The molecule has 0 bridgehead atoms. The van der Waals surface area contributed by atoms with Crippen molar-refractivity contribution in [1.82, 2.24) is 5.32 Å². The highest BCUT2D eigenvalue weighted by molar-refractivity contribution is 9.10. The second-order valence-electron chi connectivity index (χ2n) is 6.12. The quantitative estimate of drug-likeness (QED) is 0.820. The van der Waals surface area contributed by atoms with Crippen LogP contribution in [0.1, 0.15) is 38.2 Å². The number of benzene rings is 1. The van der Waals surface area contributed by atoms with Crippen molar-refractivity contribution in [1.29, 1.82) is 0 Å². The largest absolute Gasteiger partial charge is 0.370 e. The number of nitrogens with one attached hydrogen (secondary N) is 1. The van der Waals surface area contributed by atoms with Crippen LogP contribution in [0.15, 0.2) is 45.0 Å². The van der Waals surface area contributed by atoms with Crippen LogP contribution >= 0.6 is 15.9 Å². The van der Waals surface area contributed by atoms with Crippen LogP contribution in [-0.4, -0.2) is 17.3 Å². The third-order valence-electron chi connectivity index (χ3n) is 4.10. The van der Waals surface area contributed by atoms with Crippen LogP contribution in [0.2, 0.25) is 0 Å². The number of nitrogens with zero attached hydrogens (tertiary/aromatic N) is 1. The Labute approximate surface area is 132 Å². The maximum atomic E-state index is 12.6. The number of Topliss-reactive ketones (excluding diaryl/α,β-unsaturated/α-hetero) is 1. The summed E-state index contributed by atoms with van der Waals surface area (Å²) >= 11 is 3.57. The maximum Gasteiger partial charge on any atom is 0.194 e. The predicted octanol–water partition coefficient (Wildman–Crippen LogP) is 2.85. The third kappa shape index (κ3) is 2.50. The van der Waals surface area contributed by atoms with Gasteiger partial charge in [-0.05, 0) is 37.8 Å². The monoisotopic (exact) mass is 347 g/mol. The highest BCUT2D eigenvalue weighted by Crippen LogP contribution is 2.41. The first-order valence-corrected chi connectivity index (χ1v) is 7.81. The van der Waals surface area contributed by atoms with Crippen molar-refractivity contribution in [3.8, 4) is 0 Å². The minimum Gasteiger partial charge on any atom is -0.370 e. The lowest BCUT2D eigenvalue weighted by molar-refractivity contribution is -0.117. The molecule has 1 aliphatic heterocycles. The zero-order valence-corrected chi connectivity index (χ0v) is 13.7. The van der Waals surface area contributed by atoms with Gasteiger partial charge in [-0.25, -0.2) is 4.99 Å². The van der Waals surface area contributed by atoms with Crippen molar-refractivity contribution >= 4 is 27.7 Å². The zero-order chi connectivity index (χ0) is 15.2. The normalized spacial score (nSPS) is 24.2. The van der Waals surface area contributed by atoms with E-state index in [-0.39, 0.29) is 11.7 Å². The van der Waals surface area contributed by atoms with Gasteiger partial charge in [-0.3, -0.25) is 4.79 Å². The Balaban J connectivity index is 2.02. The molecule has 5 heteroatoms. The molecule has 1 aromatic rings. The van der Waals surface area contributed by atoms with Gasteiger partial charge < -0.3 is 11.1 Å². The van der Waals surface area contributed by atoms with Crippen molar-refractivity contribution in [2.45, 2.75) is 38.1 Å². The number of hydrogen-bond acceptors (Lipinski definition) is 4. The van der Waals surface area contributed by atoms with Gasteiger partial charge in [0.2, 0.25) is 0 Å². The summed E-state index contributed by atoms with van der Waals surface area (Å²) in [6, 6.07) is 8.05. The van der Waals surface area contributed by atoms with Gasteiger partial charge in [-0.15, -0.1) is 0 Å². The number of ketones is 1. The molecule has 110 valence electrons. The Morgan fingerprint density at radius 2 is 2.05 bits per heavy atom. The van der Waals surface area contributed by atoms with E-state index in [1.54, 1.807) is 0 Å². The number of carbonyl (C=O) groups excluding carboxylic acids is 1. The van der Waals surface area contributed by atoms with Gasteiger partial charge in [0.25, 0.3) is 0 Å². The van der Waals surface area contributed by atoms with Crippen LogP contribution in [0.4, 0.5) is 0 Å². The van der Waals surface area contributed by atoms with Crippen LogP contribution in [-0.2, 0) is 4.79 Å². The van der Waals surface area contributed by atoms with Crippen LogP contribution in [0.5, 0.6) is 0 Å². The van der Waals surface area contributed by atoms with Crippen molar-refractivity contribution in [2.75, 3.05) is 0 Å². The number of hydrogen-bond donors (Lipinski definition) is 2. The van der Waals surface area contributed by atoms with Gasteiger partial charge in [0, 0.05) is 16.5 Å². The SMILES string of the molecule is CC1(C)NC(N)=NC2=C1C(=O)CC(c1ccccc1Br)C2. The summed E-state index contributed by atoms with van der Waals surface area (Å²) in [7, 11) is 0. The smallest absolute Gasteiger partial charge is 0.194 e. The summed E-state index contributed by atoms with van der Waals surface area (Å²) < 4.78 is 1.04. The molecule has 4 nitrogen and oxygen atoms in total. The van der Waals surface area contributed by atoms with Gasteiger partial charge in [-0.2, -0.15) is 0 Å². The topological polar surface area (TPSA) is 67.5 Å². The molecule has 3 rings (SSSR count). The molecule has 0 aromatic heterocycles. The van der Waals surface area contributed by atoms with Crippen LogP contribution in [0.25, 0.3) is 0 Å². The van der Waals surface area contributed by atoms with Gasteiger partial charge >= 0.3 is 0 Å². The molecule has 0 spiro atoms. The van der Waals surface area contributed by atoms with Crippen molar-refractivity contribution < 1.29 is 4.79 Å². The van der Waals surface area contributed by atoms with Crippen LogP contribution in [0, 0.1) is 0 Å². The minimum absolute atomic E-state index is 0.150. The summed E-state index contributed by atoms with van der Waals surface area (Å²) in [6.45, 7) is 3.95. The molecule has 0 saturated heterocycles. The fourth-order valence-electron chi connectivity index (χ4n) is 3.29. The first-order valence-electron chi connectivity index (χ1n) is 7.02. The van der Waals surface area contributed by atoms with Crippen molar-refractivity contribution in [3.05, 3.63) is 45.6 Å². The molecule has 0 fully saturated rings. The average molecular weight is 348 g/mol. The first kappa shape index (κ1) is 14.3. The molecule has 1 aromatic carbocycles. The van der Waals surface area contributed by atoms with E-state index in [9.17, 15) is 4.79 Å². The van der Waals surface area contributed by atoms with Crippen molar-refractivity contribution in [3.63, 3.8) is 0 Å². The molecule has 2 aliphatic rings. The Bertz CT molecular complexity index is 676. The molecule has 0 amide bonds. The summed E-state index contributed by atoms with van der Waals surface area (Å²) in [4.78, 5) is 17.0. The number of nitrogens with two attached hydrogens (primary N) is 1. The van der Waals surface area contributed by atoms with Crippen LogP contribution in [0.3, 0.4) is 0 Å². The Hall–Kier alpha value is -1.62. The van der Waals surface area contributed by atoms with Gasteiger partial charge in [-0.1, -0.05) is 34.1 Å². The number of allylic oxidation sites excluding steroid dienone is 1. The van der Waals surface area contributed by atoms with E-state index in [1.807, 2.05) is 32.0 Å². The van der Waals surface area contributed by atoms with E-state index in [2.05, 4.69) is 32.3 Å². The Morgan fingerprint density at radius 3 is 2.76 bits per heavy atom. The molecule has 1 aliphatic carbocycles. The highest BCUT2D eigenvalue weighted by Gasteiger charge is 2.40. The lowest BCUT2D eigenvalue weighted by Crippen LogP contribution is -2.53. The second-order valence-corrected chi connectivity index (χ2v) is 6.97. The van der Waals surface area contributed by atoms with Crippen molar-refractivity contribution in [2.24, 2.45) is 10.7 Å². The van der Waals surface area contributed by atoms with E-state index < -0.39 is 5.54 Å². The molecule has 0 radical (unpaired) electrons. The van der Waals surface area contributed by atoms with Crippen LogP contribution < -0.4 is 11.1 Å². The van der Waals surface area contributed by atoms with E-state index >= 15 is 0 Å². The summed E-state index contributed by atoms with van der Waals surface area (Å²) in [6.07, 6.45) is 1.26. The highest BCUT2D eigenvalue weighted by atomic mass is 79.9. The lowest BCUT2D eigenvalue weighted by Gasteiger charge is -2.38. The van der Waals surface area contributed by atoms with E-state index in [4.69, 9.17) is 5.73 Å².